The van der Waals surface area contributed by atoms with E-state index in [-0.39, 0.29) is 4.90 Å². The molecule has 0 amide bonds. The second-order valence-corrected chi connectivity index (χ2v) is 5.67. The molecule has 0 fully saturated rings. The number of nitrogens with zero attached hydrogens (tertiary/aromatic N) is 1. The molecule has 0 aromatic heterocycles. The van der Waals surface area contributed by atoms with Crippen LogP contribution in [0.25, 0.3) is 0 Å². The van der Waals surface area contributed by atoms with Crippen LogP contribution < -0.4 is 0 Å². The Hall–Kier alpha value is -0.420. The van der Waals surface area contributed by atoms with Gasteiger partial charge in [-0.2, -0.15) is 0 Å². The topological polar surface area (TPSA) is 40.1 Å². The fourth-order valence-electron chi connectivity index (χ4n) is 1.89. The van der Waals surface area contributed by atoms with E-state index in [1.54, 1.807) is 0 Å². The van der Waals surface area contributed by atoms with E-state index in [1.807, 2.05) is 0 Å². The number of halogens is 1. The van der Waals surface area contributed by atoms with E-state index in [1.165, 1.54) is 54.9 Å². The lowest BCUT2D eigenvalue weighted by molar-refractivity contribution is -0.921. The van der Waals surface area contributed by atoms with Crippen molar-refractivity contribution in [2.75, 3.05) is 26.2 Å². The molecule has 19 heavy (non-hydrogen) atoms. The van der Waals surface area contributed by atoms with Crippen LogP contribution in [0.4, 0.5) is 0 Å². The largest absolute Gasteiger partial charge is 0.768 e. The van der Waals surface area contributed by atoms with Gasteiger partial charge >= 0.3 is 0 Å². The van der Waals surface area contributed by atoms with Gasteiger partial charge in [-0.25, -0.2) is 0 Å². The predicted molar refractivity (Wildman–Crippen MR) is 81.1 cm³/mol. The Kier molecular flexibility index (Phi) is 9.27. The zero-order valence-electron chi connectivity index (χ0n) is 12.2. The third-order valence-electron chi connectivity index (χ3n) is 3.69. The quantitative estimate of drug-likeness (QED) is 0.617. The van der Waals surface area contributed by atoms with Crippen molar-refractivity contribution in [1.82, 2.24) is 0 Å². The minimum Gasteiger partial charge on any atom is -0.768 e. The van der Waals surface area contributed by atoms with E-state index in [0.717, 1.165) is 0 Å². The maximum Gasteiger partial charge on any atom is 0.0757 e. The van der Waals surface area contributed by atoms with Gasteiger partial charge in [0.2, 0.25) is 0 Å². The molecule has 0 N–H and O–H groups in total. The molecule has 1 rings (SSSR count). The lowest BCUT2D eigenvalue weighted by atomic mass is 10.3. The molecule has 0 spiro atoms. The first-order valence-electron chi connectivity index (χ1n) is 6.64. The summed E-state index contributed by atoms with van der Waals surface area (Å²) in [4.78, 5) is 0.254. The average Bonchev–Trinajstić information content (AvgIpc) is 2.43. The Morgan fingerprint density at radius 1 is 1.00 bits per heavy atom. The van der Waals surface area contributed by atoms with Crippen molar-refractivity contribution >= 4 is 22.7 Å². The van der Waals surface area contributed by atoms with Crippen LogP contribution in [0.3, 0.4) is 0 Å². The van der Waals surface area contributed by atoms with Crippen LogP contribution in [-0.2, 0) is 11.1 Å². The highest BCUT2D eigenvalue weighted by Gasteiger charge is 2.16. The molecular weight excluding hydrogens is 282 g/mol. The standard InChI is InChI=1S/C8H20N.C6H5ClO2S/c1-5-9(6-2,7-3)8-4;7-5-1-3-6(4-2-5)10(8)9/h5-8H2,1-4H3;1-4H,(H,8,9)/q+1;/p-1. The lowest BCUT2D eigenvalue weighted by Crippen LogP contribution is -2.47. The van der Waals surface area contributed by atoms with Crippen LogP contribution in [0, 0.1) is 0 Å². The van der Waals surface area contributed by atoms with E-state index in [2.05, 4.69) is 27.7 Å². The van der Waals surface area contributed by atoms with Gasteiger partial charge in [0.25, 0.3) is 0 Å². The Bertz CT molecular complexity index is 360. The SMILES string of the molecule is CC[N+](CC)(CC)CC.O=S([O-])c1ccc(Cl)cc1. The van der Waals surface area contributed by atoms with Crippen molar-refractivity contribution < 1.29 is 13.2 Å². The maximum absolute atomic E-state index is 10.3. The highest BCUT2D eigenvalue weighted by atomic mass is 35.5. The van der Waals surface area contributed by atoms with Crippen LogP contribution in [0.2, 0.25) is 5.02 Å². The van der Waals surface area contributed by atoms with Crippen LogP contribution in [0.5, 0.6) is 0 Å². The molecule has 1 aromatic rings. The second kappa shape index (κ2) is 9.48. The number of hydrogen-bond donors (Lipinski definition) is 0. The van der Waals surface area contributed by atoms with E-state index < -0.39 is 11.1 Å². The summed E-state index contributed by atoms with van der Waals surface area (Å²) in [5, 5.41) is 0.536. The second-order valence-electron chi connectivity index (χ2n) is 4.30. The third-order valence-corrected chi connectivity index (χ3v) is 4.60. The van der Waals surface area contributed by atoms with Crippen molar-refractivity contribution in [2.45, 2.75) is 32.6 Å². The van der Waals surface area contributed by atoms with Crippen molar-refractivity contribution in [1.29, 1.82) is 0 Å². The van der Waals surface area contributed by atoms with Crippen LogP contribution in [-0.4, -0.2) is 39.4 Å². The monoisotopic (exact) mass is 305 g/mol. The lowest BCUT2D eigenvalue weighted by Gasteiger charge is -2.34. The fourth-order valence-corrected chi connectivity index (χ4v) is 2.37. The molecule has 0 aliphatic heterocycles. The number of benzene rings is 1. The molecule has 0 aliphatic carbocycles. The summed E-state index contributed by atoms with van der Waals surface area (Å²) in [6.45, 7) is 14.2. The summed E-state index contributed by atoms with van der Waals surface area (Å²) in [5.41, 5.74) is 0. The number of rotatable bonds is 5. The van der Waals surface area contributed by atoms with Crippen molar-refractivity contribution in [2.24, 2.45) is 0 Å². The highest BCUT2D eigenvalue weighted by molar-refractivity contribution is 7.79. The zero-order valence-corrected chi connectivity index (χ0v) is 13.8. The van der Waals surface area contributed by atoms with E-state index in [9.17, 15) is 8.76 Å². The molecule has 0 aliphatic rings. The van der Waals surface area contributed by atoms with Gasteiger partial charge in [-0.05, 0) is 63.0 Å². The molecule has 0 bridgehead atoms. The Balaban J connectivity index is 0.000000344. The van der Waals surface area contributed by atoms with Crippen molar-refractivity contribution in [3.63, 3.8) is 0 Å². The van der Waals surface area contributed by atoms with Crippen LogP contribution >= 0.6 is 11.6 Å². The Morgan fingerprint density at radius 3 is 1.58 bits per heavy atom. The molecule has 0 heterocycles. The molecule has 0 radical (unpaired) electrons. The summed E-state index contributed by atoms with van der Waals surface area (Å²) in [6, 6.07) is 5.97. The van der Waals surface area contributed by atoms with Crippen LogP contribution in [0.15, 0.2) is 29.2 Å². The Morgan fingerprint density at radius 2 is 1.37 bits per heavy atom. The normalized spacial score (nSPS) is 12.5. The summed E-state index contributed by atoms with van der Waals surface area (Å²) in [7, 11) is 0. The first kappa shape index (κ1) is 18.6. The first-order valence-corrected chi connectivity index (χ1v) is 8.09. The van der Waals surface area contributed by atoms with Crippen molar-refractivity contribution in [3.8, 4) is 0 Å². The zero-order chi connectivity index (χ0) is 14.9. The molecule has 1 atom stereocenters. The van der Waals surface area contributed by atoms with Gasteiger partial charge in [0.15, 0.2) is 0 Å². The van der Waals surface area contributed by atoms with Crippen LogP contribution in [0.1, 0.15) is 27.7 Å². The molecule has 1 unspecified atom stereocenters. The Labute approximate surface area is 124 Å². The summed E-state index contributed by atoms with van der Waals surface area (Å²) in [6.07, 6.45) is 0. The summed E-state index contributed by atoms with van der Waals surface area (Å²) in [5.74, 6) is 0. The molecule has 1 aromatic carbocycles. The fraction of sp³-hybridized carbons (Fsp3) is 0.571. The van der Waals surface area contributed by atoms with Crippen molar-refractivity contribution in [3.05, 3.63) is 29.3 Å². The van der Waals surface area contributed by atoms with Gasteiger partial charge in [0.1, 0.15) is 0 Å². The molecule has 3 nitrogen and oxygen atoms in total. The van der Waals surface area contributed by atoms with E-state index in [0.29, 0.717) is 5.02 Å². The van der Waals surface area contributed by atoms with Gasteiger partial charge in [0, 0.05) is 9.92 Å². The molecule has 0 saturated carbocycles. The predicted octanol–water partition coefficient (Wildman–Crippen LogP) is 3.46. The minimum absolute atomic E-state index is 0.254. The first-order chi connectivity index (χ1) is 8.94. The van der Waals surface area contributed by atoms with Gasteiger partial charge in [0.05, 0.1) is 26.2 Å². The average molecular weight is 306 g/mol. The van der Waals surface area contributed by atoms with E-state index >= 15 is 0 Å². The molecule has 0 saturated heterocycles. The third kappa shape index (κ3) is 6.52. The summed E-state index contributed by atoms with van der Waals surface area (Å²) >= 11 is 3.37. The van der Waals surface area contributed by atoms with E-state index in [4.69, 9.17) is 11.6 Å². The smallest absolute Gasteiger partial charge is 0.0757 e. The molecular formula is C14H24ClNO2S. The highest BCUT2D eigenvalue weighted by Crippen LogP contribution is 2.10. The number of hydrogen-bond acceptors (Lipinski definition) is 2. The molecule has 110 valence electrons. The van der Waals surface area contributed by atoms with Gasteiger partial charge in [-0.1, -0.05) is 11.6 Å². The maximum atomic E-state index is 10.3. The minimum atomic E-state index is -2.15. The van der Waals surface area contributed by atoms with Gasteiger partial charge in [-0.3, -0.25) is 4.21 Å². The van der Waals surface area contributed by atoms with Gasteiger partial charge in [-0.15, -0.1) is 0 Å². The van der Waals surface area contributed by atoms with Gasteiger partial charge < -0.3 is 9.04 Å². The summed E-state index contributed by atoms with van der Waals surface area (Å²) < 4.78 is 21.8. The molecule has 5 heteroatoms. The number of quaternary nitrogens is 1.